The zero-order valence-corrected chi connectivity index (χ0v) is 17.0. The second-order valence-corrected chi connectivity index (χ2v) is 7.42. The summed E-state index contributed by atoms with van der Waals surface area (Å²) < 4.78 is 44.0. The van der Waals surface area contributed by atoms with E-state index in [2.05, 4.69) is 41.8 Å². The molecule has 0 saturated heterocycles. The lowest BCUT2D eigenvalue weighted by Crippen LogP contribution is -2.22. The molecule has 0 aliphatic heterocycles. The Morgan fingerprint density at radius 3 is 2.58 bits per heavy atom. The van der Waals surface area contributed by atoms with Gasteiger partial charge in [-0.15, -0.1) is 0 Å². The maximum absolute atomic E-state index is 13.0. The smallest absolute Gasteiger partial charge is 0.416 e. The molecule has 0 aliphatic carbocycles. The summed E-state index contributed by atoms with van der Waals surface area (Å²) in [5, 5.41) is 0. The molecule has 0 amide bonds. The minimum absolute atomic E-state index is 0.143. The van der Waals surface area contributed by atoms with Gasteiger partial charge in [-0.25, -0.2) is 9.97 Å². The van der Waals surface area contributed by atoms with Crippen LogP contribution in [0.15, 0.2) is 30.5 Å². The van der Waals surface area contributed by atoms with Crippen LogP contribution < -0.4 is 0 Å². The van der Waals surface area contributed by atoms with E-state index in [1.807, 2.05) is 0 Å². The molecule has 0 spiro atoms. The molecule has 2 unspecified atom stereocenters. The van der Waals surface area contributed by atoms with Crippen LogP contribution in [0.4, 0.5) is 13.2 Å². The Kier molecular flexibility index (Phi) is 6.79. The molecule has 1 heterocycles. The van der Waals surface area contributed by atoms with Gasteiger partial charge in [-0.1, -0.05) is 31.9 Å². The van der Waals surface area contributed by atoms with Gasteiger partial charge in [0.25, 0.3) is 0 Å². The summed E-state index contributed by atoms with van der Waals surface area (Å²) in [5.74, 6) is -0.325. The van der Waals surface area contributed by atoms with Crippen LogP contribution in [0.1, 0.15) is 28.6 Å². The molecule has 1 aromatic heterocycles. The maximum Gasteiger partial charge on any atom is 0.416 e. The van der Waals surface area contributed by atoms with Crippen molar-refractivity contribution in [3.63, 3.8) is 0 Å². The Morgan fingerprint density at radius 2 is 1.96 bits per heavy atom. The largest absolute Gasteiger partial charge is 0.465 e. The molecule has 2 atom stereocenters. The number of carbonyl (C=O) groups excluding carboxylic acids is 1. The van der Waals surface area contributed by atoms with E-state index in [9.17, 15) is 18.0 Å². The fraction of sp³-hybridized carbons (Fsp3) is 0.353. The number of nitrogens with zero attached hydrogens (tertiary/aromatic N) is 2. The summed E-state index contributed by atoms with van der Waals surface area (Å²) in [6, 6.07) is 5.23. The van der Waals surface area contributed by atoms with Crippen LogP contribution in [0.25, 0.3) is 11.4 Å². The van der Waals surface area contributed by atoms with Gasteiger partial charge in [0.1, 0.15) is 4.83 Å². The summed E-state index contributed by atoms with van der Waals surface area (Å²) in [6.07, 6.45) is -3.02. The lowest BCUT2D eigenvalue weighted by molar-refractivity contribution is -0.142. The monoisotopic (exact) mass is 494 g/mol. The first-order chi connectivity index (χ1) is 12.1. The van der Waals surface area contributed by atoms with Gasteiger partial charge in [-0.3, -0.25) is 4.79 Å². The maximum atomic E-state index is 13.0. The highest BCUT2D eigenvalue weighted by atomic mass is 79.9. The predicted octanol–water partition coefficient (Wildman–Crippen LogP) is 5.23. The van der Waals surface area contributed by atoms with E-state index in [1.54, 1.807) is 26.0 Å². The highest BCUT2D eigenvalue weighted by Gasteiger charge is 2.31. The van der Waals surface area contributed by atoms with Crippen LogP contribution >= 0.6 is 31.9 Å². The van der Waals surface area contributed by atoms with E-state index in [1.165, 1.54) is 6.20 Å². The number of benzene rings is 1. The number of alkyl halides is 5. The molecule has 4 nitrogen and oxygen atoms in total. The van der Waals surface area contributed by atoms with Gasteiger partial charge in [0.05, 0.1) is 22.7 Å². The van der Waals surface area contributed by atoms with Gasteiger partial charge in [-0.2, -0.15) is 13.2 Å². The number of rotatable bonds is 5. The van der Waals surface area contributed by atoms with E-state index in [4.69, 9.17) is 4.74 Å². The number of aromatic nitrogens is 2. The minimum atomic E-state index is -4.46. The first kappa shape index (κ1) is 20.8. The number of aryl methyl sites for hydroxylation is 1. The number of carbonyl (C=O) groups is 1. The molecule has 0 bridgehead atoms. The molecular weight excluding hydrogens is 481 g/mol. The Hall–Kier alpha value is -1.48. The number of ether oxygens (including phenoxy) is 1. The normalized spacial score (nSPS) is 14.0. The van der Waals surface area contributed by atoms with Gasteiger partial charge in [0.15, 0.2) is 5.82 Å². The molecule has 0 aliphatic rings. The molecule has 0 N–H and O–H groups in total. The van der Waals surface area contributed by atoms with Gasteiger partial charge < -0.3 is 4.74 Å². The summed E-state index contributed by atoms with van der Waals surface area (Å²) in [4.78, 5) is 19.0. The summed E-state index contributed by atoms with van der Waals surface area (Å²) in [5.41, 5.74) is 0.382. The average molecular weight is 496 g/mol. The second kappa shape index (κ2) is 8.47. The van der Waals surface area contributed by atoms with Crippen LogP contribution in [-0.4, -0.2) is 27.4 Å². The third-order valence-corrected chi connectivity index (χ3v) is 6.00. The Balaban J connectivity index is 2.38. The number of halogens is 5. The SMILES string of the molecule is CCOC(=O)C(Br)C(Br)c1ccnc(-c2cc(C)cc(C(F)(F)F)c2)n1. The topological polar surface area (TPSA) is 52.1 Å². The van der Waals surface area contributed by atoms with Crippen molar-refractivity contribution in [2.45, 2.75) is 29.7 Å². The fourth-order valence-corrected chi connectivity index (χ4v) is 3.11. The van der Waals surface area contributed by atoms with Crippen molar-refractivity contribution in [1.29, 1.82) is 0 Å². The highest BCUT2D eigenvalue weighted by Crippen LogP contribution is 2.34. The highest BCUT2D eigenvalue weighted by molar-refractivity contribution is 9.12. The van der Waals surface area contributed by atoms with E-state index in [-0.39, 0.29) is 18.0 Å². The van der Waals surface area contributed by atoms with E-state index < -0.39 is 27.4 Å². The van der Waals surface area contributed by atoms with Crippen molar-refractivity contribution in [3.05, 3.63) is 47.3 Å². The summed E-state index contributed by atoms with van der Waals surface area (Å²) in [6.45, 7) is 3.50. The lowest BCUT2D eigenvalue weighted by atomic mass is 10.1. The predicted molar refractivity (Wildman–Crippen MR) is 98.2 cm³/mol. The fourth-order valence-electron chi connectivity index (χ4n) is 2.23. The van der Waals surface area contributed by atoms with Crippen molar-refractivity contribution in [1.82, 2.24) is 9.97 Å². The summed E-state index contributed by atoms with van der Waals surface area (Å²) >= 11 is 6.62. The van der Waals surface area contributed by atoms with Crippen LogP contribution in [-0.2, 0) is 15.7 Å². The molecule has 9 heteroatoms. The van der Waals surface area contributed by atoms with Crippen LogP contribution in [0, 0.1) is 6.92 Å². The third-order valence-electron chi connectivity index (χ3n) is 3.39. The Morgan fingerprint density at radius 1 is 1.27 bits per heavy atom. The molecule has 0 saturated carbocycles. The van der Waals surface area contributed by atoms with Crippen LogP contribution in [0.3, 0.4) is 0 Å². The van der Waals surface area contributed by atoms with Gasteiger partial charge in [-0.05, 0) is 43.7 Å². The second-order valence-electron chi connectivity index (χ2n) is 5.45. The van der Waals surface area contributed by atoms with Crippen molar-refractivity contribution in [2.75, 3.05) is 6.61 Å². The van der Waals surface area contributed by atoms with Crippen molar-refractivity contribution in [2.24, 2.45) is 0 Å². The minimum Gasteiger partial charge on any atom is -0.465 e. The molecule has 0 radical (unpaired) electrons. The average Bonchev–Trinajstić information content (AvgIpc) is 2.59. The number of hydrogen-bond acceptors (Lipinski definition) is 4. The zero-order chi connectivity index (χ0) is 19.5. The molecular formula is C17H15Br2F3N2O2. The van der Waals surface area contributed by atoms with Crippen molar-refractivity contribution >= 4 is 37.8 Å². The quantitative estimate of drug-likeness (QED) is 0.420. The van der Waals surface area contributed by atoms with Gasteiger partial charge in [0, 0.05) is 11.8 Å². The van der Waals surface area contributed by atoms with Crippen LogP contribution in [0.2, 0.25) is 0 Å². The zero-order valence-electron chi connectivity index (χ0n) is 13.8. The molecule has 140 valence electrons. The van der Waals surface area contributed by atoms with Gasteiger partial charge in [0.2, 0.25) is 0 Å². The van der Waals surface area contributed by atoms with Crippen LogP contribution in [0.5, 0.6) is 0 Å². The van der Waals surface area contributed by atoms with E-state index in [0.29, 0.717) is 11.3 Å². The molecule has 1 aromatic carbocycles. The number of hydrogen-bond donors (Lipinski definition) is 0. The molecule has 0 fully saturated rings. The van der Waals surface area contributed by atoms with E-state index >= 15 is 0 Å². The first-order valence-electron chi connectivity index (χ1n) is 7.60. The molecule has 2 rings (SSSR count). The summed E-state index contributed by atoms with van der Waals surface area (Å²) in [7, 11) is 0. The molecule has 26 heavy (non-hydrogen) atoms. The Bertz CT molecular complexity index is 800. The first-order valence-corrected chi connectivity index (χ1v) is 9.43. The van der Waals surface area contributed by atoms with E-state index in [0.717, 1.165) is 12.1 Å². The standard InChI is InChI=1S/C17H15Br2F3N2O2/c1-3-26-16(25)14(19)13(18)12-4-5-23-15(24-12)10-6-9(2)7-11(8-10)17(20,21)22/h4-8,13-14H,3H2,1-2H3. The third kappa shape index (κ3) is 5.03. The van der Waals surface area contributed by atoms with Crippen molar-refractivity contribution < 1.29 is 22.7 Å². The number of esters is 1. The Labute approximate surface area is 165 Å². The lowest BCUT2D eigenvalue weighted by Gasteiger charge is -2.16. The molecule has 2 aromatic rings. The van der Waals surface area contributed by atoms with Crippen molar-refractivity contribution in [3.8, 4) is 11.4 Å². The van der Waals surface area contributed by atoms with Gasteiger partial charge >= 0.3 is 12.1 Å².